The maximum Gasteiger partial charge on any atom is 0.411 e. The summed E-state index contributed by atoms with van der Waals surface area (Å²) in [6.07, 6.45) is 5.52. The van der Waals surface area contributed by atoms with E-state index in [1.54, 1.807) is 61.5 Å². The van der Waals surface area contributed by atoms with Crippen molar-refractivity contribution in [1.82, 2.24) is 40.0 Å². The van der Waals surface area contributed by atoms with E-state index in [4.69, 9.17) is 11.6 Å². The first-order chi connectivity index (χ1) is 23.1. The van der Waals surface area contributed by atoms with E-state index in [9.17, 15) is 22.8 Å². The monoisotopic (exact) mass is 695 g/mol. The number of sulfonamides is 1. The number of H-pyrrole nitrogens is 1. The zero-order chi connectivity index (χ0) is 34.3. The number of halogens is 1. The van der Waals surface area contributed by atoms with Gasteiger partial charge in [0.1, 0.15) is 6.33 Å². The Morgan fingerprint density at radius 2 is 1.98 bits per heavy atom. The molecule has 1 saturated heterocycles. The second-order valence-electron chi connectivity index (χ2n) is 11.1. The number of hydrogen-bond donors (Lipinski definition) is 3. The summed E-state index contributed by atoms with van der Waals surface area (Å²) in [5.41, 5.74) is 2.44. The molecule has 0 bridgehead atoms. The van der Waals surface area contributed by atoms with Crippen molar-refractivity contribution in [2.75, 3.05) is 31.3 Å². The van der Waals surface area contributed by atoms with Crippen LogP contribution in [-0.4, -0.2) is 81.1 Å². The molecule has 2 atom stereocenters. The molecule has 2 unspecified atom stereocenters. The highest BCUT2D eigenvalue weighted by Gasteiger charge is 2.30. The molecule has 2 aromatic heterocycles. The summed E-state index contributed by atoms with van der Waals surface area (Å²) in [5.74, 6) is -0.543. The molecule has 0 spiro atoms. The van der Waals surface area contributed by atoms with Crippen LogP contribution in [0.1, 0.15) is 43.5 Å². The number of carbonyl (C=O) groups excluding carboxylic acids is 2. The van der Waals surface area contributed by atoms with Gasteiger partial charge in [0.25, 0.3) is 5.56 Å². The summed E-state index contributed by atoms with van der Waals surface area (Å²) in [4.78, 5) is 37.9. The van der Waals surface area contributed by atoms with Crippen molar-refractivity contribution in [2.24, 2.45) is 5.92 Å². The fraction of sp³-hybridized carbons (Fsp3) is 0.323. The van der Waals surface area contributed by atoms with Gasteiger partial charge in [0, 0.05) is 35.4 Å². The second-order valence-corrected chi connectivity index (χ2v) is 13.8. The smallest absolute Gasteiger partial charge is 0.411 e. The van der Waals surface area contributed by atoms with Gasteiger partial charge in [-0.05, 0) is 90.6 Å². The number of nitrogens with zero attached hydrogens (tertiary/aromatic N) is 6. The van der Waals surface area contributed by atoms with Gasteiger partial charge in [-0.15, -0.1) is 5.10 Å². The third-order valence-electron chi connectivity index (χ3n) is 7.93. The van der Waals surface area contributed by atoms with Crippen LogP contribution in [0.5, 0.6) is 0 Å². The van der Waals surface area contributed by atoms with Crippen LogP contribution in [0.25, 0.3) is 22.9 Å². The highest BCUT2D eigenvalue weighted by atomic mass is 35.5. The van der Waals surface area contributed by atoms with Crippen LogP contribution >= 0.6 is 11.6 Å². The van der Waals surface area contributed by atoms with Crippen LogP contribution in [0.4, 0.5) is 10.5 Å². The van der Waals surface area contributed by atoms with Gasteiger partial charge in [-0.1, -0.05) is 23.7 Å². The molecule has 48 heavy (non-hydrogen) atoms. The molecule has 15 nitrogen and oxygen atoms in total. The summed E-state index contributed by atoms with van der Waals surface area (Å²) < 4.78 is 32.9. The number of tetrazole rings is 1. The number of nitrogens with one attached hydrogen (secondary N) is 3. The van der Waals surface area contributed by atoms with Gasteiger partial charge < -0.3 is 10.1 Å². The molecule has 1 aliphatic heterocycles. The summed E-state index contributed by atoms with van der Waals surface area (Å²) in [5, 5.41) is 24.1. The van der Waals surface area contributed by atoms with Crippen LogP contribution in [0, 0.1) is 5.92 Å². The predicted molar refractivity (Wildman–Crippen MR) is 179 cm³/mol. The molecule has 1 fully saturated rings. The van der Waals surface area contributed by atoms with Gasteiger partial charge in [-0.3, -0.25) is 14.9 Å². The Balaban J connectivity index is 1.44. The first-order valence-electron chi connectivity index (χ1n) is 15.1. The van der Waals surface area contributed by atoms with Gasteiger partial charge in [0.15, 0.2) is 0 Å². The SMILES string of the molecule is CCS(=O)(=O)N1CCCC(CC(NC(=O)C=Cc2cc(Cl)ccc2-n2cnnn2)c2cc(-c3ccc(NC(=O)OC)cc3)c(=O)[nH]n2)C1. The quantitative estimate of drug-likeness (QED) is 0.195. The topological polar surface area (TPSA) is 194 Å². The molecule has 5 rings (SSSR count). The van der Waals surface area contributed by atoms with E-state index in [2.05, 4.69) is 41.1 Å². The first kappa shape index (κ1) is 34.4. The number of carbonyl (C=O) groups is 2. The Kier molecular flexibility index (Phi) is 11.0. The molecule has 3 heterocycles. The van der Waals surface area contributed by atoms with Gasteiger partial charge in [0.05, 0.1) is 35.8 Å². The van der Waals surface area contributed by atoms with Crippen molar-refractivity contribution in [3.8, 4) is 16.8 Å². The van der Waals surface area contributed by atoms with Crippen molar-refractivity contribution in [2.45, 2.75) is 32.2 Å². The normalized spacial score (nSPS) is 16.0. The average molecular weight is 696 g/mol. The molecule has 4 aromatic rings. The molecule has 2 amide bonds. The molecule has 0 aliphatic carbocycles. The summed E-state index contributed by atoms with van der Waals surface area (Å²) in [7, 11) is -2.14. The predicted octanol–water partition coefficient (Wildman–Crippen LogP) is 3.57. The van der Waals surface area contributed by atoms with Crippen molar-refractivity contribution in [3.63, 3.8) is 0 Å². The standard InChI is InChI=1S/C31H34ClN9O6S/c1-3-48(45,46)40-14-4-5-20(18-40)15-26(35-29(42)13-8-22-16-23(32)9-12-28(22)41-19-33-38-39-41)27-17-25(30(43)37-36-27)21-6-10-24(11-7-21)34-31(44)47-2/h6-13,16-17,19-20,26H,3-5,14-15,18H2,1-2H3,(H,34,44)(H,35,42)(H,37,43). The lowest BCUT2D eigenvalue weighted by Gasteiger charge is -2.33. The van der Waals surface area contributed by atoms with Crippen molar-refractivity contribution in [3.05, 3.63) is 87.6 Å². The maximum atomic E-state index is 13.4. The fourth-order valence-electron chi connectivity index (χ4n) is 5.48. The van der Waals surface area contributed by atoms with Crippen molar-refractivity contribution < 1.29 is 22.7 Å². The third-order valence-corrected chi connectivity index (χ3v) is 10.0. The number of hydrogen-bond acceptors (Lipinski definition) is 10. The van der Waals surface area contributed by atoms with Crippen molar-refractivity contribution in [1.29, 1.82) is 0 Å². The van der Waals surface area contributed by atoms with Crippen LogP contribution in [0.2, 0.25) is 5.02 Å². The molecule has 17 heteroatoms. The van der Waals surface area contributed by atoms with E-state index in [0.29, 0.717) is 64.7 Å². The largest absolute Gasteiger partial charge is 0.453 e. The van der Waals surface area contributed by atoms with Crippen LogP contribution in [0.3, 0.4) is 0 Å². The number of aromatic amines is 1. The average Bonchev–Trinajstić information content (AvgIpc) is 3.63. The highest BCUT2D eigenvalue weighted by Crippen LogP contribution is 2.30. The van der Waals surface area contributed by atoms with Crippen LogP contribution in [0.15, 0.2) is 65.7 Å². The van der Waals surface area contributed by atoms with Gasteiger partial charge in [-0.2, -0.15) is 9.78 Å². The number of rotatable bonds is 11. The van der Waals surface area contributed by atoms with Crippen LogP contribution < -0.4 is 16.2 Å². The lowest BCUT2D eigenvalue weighted by Crippen LogP contribution is -2.42. The maximum absolute atomic E-state index is 13.4. The zero-order valence-electron chi connectivity index (χ0n) is 26.2. The van der Waals surface area contributed by atoms with E-state index in [-0.39, 0.29) is 11.7 Å². The fourth-order valence-corrected chi connectivity index (χ4v) is 6.87. The molecule has 0 saturated carbocycles. The van der Waals surface area contributed by atoms with Gasteiger partial charge in [0.2, 0.25) is 15.9 Å². The number of ether oxygens (including phenoxy) is 1. The minimum atomic E-state index is -3.39. The van der Waals surface area contributed by atoms with E-state index >= 15 is 0 Å². The zero-order valence-corrected chi connectivity index (χ0v) is 27.7. The number of piperidine rings is 1. The first-order valence-corrected chi connectivity index (χ1v) is 17.1. The number of aromatic nitrogens is 6. The van der Waals surface area contributed by atoms with E-state index in [0.717, 1.165) is 6.42 Å². The van der Waals surface area contributed by atoms with Crippen molar-refractivity contribution >= 4 is 45.4 Å². The molecule has 252 valence electrons. The number of methoxy groups -OCH3 is 1. The van der Waals surface area contributed by atoms with E-state index in [1.807, 2.05) is 0 Å². The Morgan fingerprint density at radius 1 is 1.19 bits per heavy atom. The molecular weight excluding hydrogens is 662 g/mol. The minimum Gasteiger partial charge on any atom is -0.453 e. The molecule has 0 radical (unpaired) electrons. The number of benzene rings is 2. The molecule has 3 N–H and O–H groups in total. The Hall–Kier alpha value is -4.93. The van der Waals surface area contributed by atoms with Gasteiger partial charge in [-0.25, -0.2) is 22.6 Å². The highest BCUT2D eigenvalue weighted by molar-refractivity contribution is 7.89. The van der Waals surface area contributed by atoms with E-state index < -0.39 is 33.6 Å². The third kappa shape index (κ3) is 8.50. The minimum absolute atomic E-state index is 0.000394. The Labute approximate surface area is 281 Å². The lowest BCUT2D eigenvalue weighted by atomic mass is 9.90. The number of amides is 2. The van der Waals surface area contributed by atoms with E-state index in [1.165, 1.54) is 28.5 Å². The molecule has 1 aliphatic rings. The van der Waals surface area contributed by atoms with Crippen LogP contribution in [-0.2, 0) is 19.6 Å². The Bertz CT molecular complexity index is 1950. The Morgan fingerprint density at radius 3 is 2.69 bits per heavy atom. The second kappa shape index (κ2) is 15.3. The number of anilines is 1. The summed E-state index contributed by atoms with van der Waals surface area (Å²) in [6, 6.07) is 12.6. The summed E-state index contributed by atoms with van der Waals surface area (Å²) in [6.45, 7) is 2.36. The lowest BCUT2D eigenvalue weighted by molar-refractivity contribution is -0.117. The molecule has 2 aromatic carbocycles. The summed E-state index contributed by atoms with van der Waals surface area (Å²) >= 11 is 6.23. The molecular formula is C31H34ClN9O6S. The van der Waals surface area contributed by atoms with Gasteiger partial charge >= 0.3 is 6.09 Å².